The van der Waals surface area contributed by atoms with E-state index in [-0.39, 0.29) is 31.4 Å². The van der Waals surface area contributed by atoms with Gasteiger partial charge >= 0.3 is 0 Å². The quantitative estimate of drug-likeness (QED) is 0.853. The first kappa shape index (κ1) is 14.7. The molecule has 1 rings (SSSR count). The van der Waals surface area contributed by atoms with Crippen LogP contribution in [-0.2, 0) is 0 Å². The van der Waals surface area contributed by atoms with E-state index < -0.39 is 0 Å². The van der Waals surface area contributed by atoms with E-state index in [1.165, 1.54) is 6.08 Å². The monoisotopic (exact) mass is 343 g/mol. The van der Waals surface area contributed by atoms with Crippen LogP contribution in [-0.4, -0.2) is 13.2 Å². The van der Waals surface area contributed by atoms with Gasteiger partial charge in [0.15, 0.2) is 0 Å². The van der Waals surface area contributed by atoms with Crippen LogP contribution < -0.4 is 10.5 Å². The van der Waals surface area contributed by atoms with E-state index >= 15 is 0 Å². The molecule has 0 saturated heterocycles. The van der Waals surface area contributed by atoms with Gasteiger partial charge in [-0.05, 0) is 52.9 Å². The summed E-state index contributed by atoms with van der Waals surface area (Å²) in [5.74, 6) is 0.317. The first-order chi connectivity index (χ1) is 6.72. The Kier molecular flexibility index (Phi) is 7.72. The van der Waals surface area contributed by atoms with E-state index in [1.807, 2.05) is 12.1 Å². The van der Waals surface area contributed by atoms with Crippen molar-refractivity contribution in [3.05, 3.63) is 39.7 Å². The van der Waals surface area contributed by atoms with E-state index in [9.17, 15) is 4.39 Å². The van der Waals surface area contributed by atoms with Crippen molar-refractivity contribution in [1.82, 2.24) is 0 Å². The maximum atomic E-state index is 12.8. The average molecular weight is 344 g/mol. The van der Waals surface area contributed by atoms with Crippen LogP contribution in [0.4, 0.5) is 4.39 Å². The topological polar surface area (TPSA) is 35.2 Å². The Morgan fingerprint density at radius 1 is 1.40 bits per heavy atom. The van der Waals surface area contributed by atoms with Gasteiger partial charge in [0.2, 0.25) is 0 Å². The predicted octanol–water partition coefficient (Wildman–Crippen LogP) is 2.90. The fourth-order valence-corrected chi connectivity index (χ4v) is 1.23. The van der Waals surface area contributed by atoms with E-state index in [0.717, 1.165) is 3.57 Å². The SMILES string of the molecule is Cl.NC/C=C(/F)COc1ccc(I)cc1. The smallest absolute Gasteiger partial charge is 0.139 e. The van der Waals surface area contributed by atoms with Gasteiger partial charge in [0, 0.05) is 10.1 Å². The fraction of sp³-hybridized carbons (Fsp3) is 0.200. The van der Waals surface area contributed by atoms with Gasteiger partial charge in [0.25, 0.3) is 0 Å². The summed E-state index contributed by atoms with van der Waals surface area (Å²) in [6, 6.07) is 7.41. The summed E-state index contributed by atoms with van der Waals surface area (Å²) in [6.45, 7) is 0.139. The number of ether oxygens (including phenoxy) is 1. The number of hydrogen-bond acceptors (Lipinski definition) is 2. The Bertz CT molecular complexity index is 316. The largest absolute Gasteiger partial charge is 0.487 e. The molecule has 1 aromatic rings. The van der Waals surface area contributed by atoms with Crippen LogP contribution in [0.25, 0.3) is 0 Å². The van der Waals surface area contributed by atoms with Gasteiger partial charge in [0.1, 0.15) is 18.2 Å². The van der Waals surface area contributed by atoms with Crippen molar-refractivity contribution < 1.29 is 9.13 Å². The molecule has 2 nitrogen and oxygen atoms in total. The van der Waals surface area contributed by atoms with Crippen molar-refractivity contribution in [1.29, 1.82) is 0 Å². The molecule has 0 spiro atoms. The van der Waals surface area contributed by atoms with Gasteiger partial charge in [-0.2, -0.15) is 0 Å². The van der Waals surface area contributed by atoms with Gasteiger partial charge < -0.3 is 10.5 Å². The number of benzene rings is 1. The molecule has 2 N–H and O–H groups in total. The molecule has 1 aromatic carbocycles. The first-order valence-electron chi connectivity index (χ1n) is 4.15. The molecule has 0 radical (unpaired) electrons. The Hall–Kier alpha value is -0.330. The summed E-state index contributed by atoms with van der Waals surface area (Å²) >= 11 is 2.19. The molecule has 0 bridgehead atoms. The summed E-state index contributed by atoms with van der Waals surface area (Å²) in [5.41, 5.74) is 5.15. The summed E-state index contributed by atoms with van der Waals surface area (Å²) in [5, 5.41) is 0. The number of rotatable bonds is 4. The number of nitrogens with two attached hydrogens (primary N) is 1. The lowest BCUT2D eigenvalue weighted by atomic mass is 10.3. The zero-order valence-corrected chi connectivity index (χ0v) is 10.9. The molecule has 15 heavy (non-hydrogen) atoms. The first-order valence-corrected chi connectivity index (χ1v) is 5.23. The molecule has 0 amide bonds. The molecule has 0 aliphatic carbocycles. The highest BCUT2D eigenvalue weighted by Gasteiger charge is 1.96. The third-order valence-corrected chi connectivity index (χ3v) is 2.25. The molecular weight excluding hydrogens is 331 g/mol. The molecule has 0 aliphatic heterocycles. The van der Waals surface area contributed by atoms with E-state index in [2.05, 4.69) is 22.6 Å². The van der Waals surface area contributed by atoms with Crippen LogP contribution in [0.15, 0.2) is 36.2 Å². The summed E-state index contributed by atoms with van der Waals surface area (Å²) in [7, 11) is 0. The van der Waals surface area contributed by atoms with Crippen LogP contribution in [0.5, 0.6) is 5.75 Å². The predicted molar refractivity (Wildman–Crippen MR) is 70.1 cm³/mol. The Morgan fingerprint density at radius 2 is 2.00 bits per heavy atom. The molecule has 0 aliphatic rings. The van der Waals surface area contributed by atoms with E-state index in [4.69, 9.17) is 10.5 Å². The molecule has 0 atom stereocenters. The Labute approximate surface area is 108 Å². The maximum Gasteiger partial charge on any atom is 0.139 e. The molecule has 0 saturated carbocycles. The van der Waals surface area contributed by atoms with Crippen LogP contribution in [0, 0.1) is 3.57 Å². The zero-order chi connectivity index (χ0) is 10.4. The Balaban J connectivity index is 0.00000196. The van der Waals surface area contributed by atoms with Crippen molar-refractivity contribution in [2.24, 2.45) is 5.73 Å². The van der Waals surface area contributed by atoms with Gasteiger partial charge in [0.05, 0.1) is 0 Å². The highest BCUT2D eigenvalue weighted by Crippen LogP contribution is 2.14. The lowest BCUT2D eigenvalue weighted by Crippen LogP contribution is -2.01. The minimum atomic E-state index is -0.342. The van der Waals surface area contributed by atoms with Crippen LogP contribution in [0.2, 0.25) is 0 Å². The normalized spacial score (nSPS) is 10.7. The average Bonchev–Trinajstić information content (AvgIpc) is 2.17. The van der Waals surface area contributed by atoms with Crippen LogP contribution in [0.1, 0.15) is 0 Å². The van der Waals surface area contributed by atoms with Crippen molar-refractivity contribution in [2.75, 3.05) is 13.2 Å². The highest BCUT2D eigenvalue weighted by atomic mass is 127. The fourth-order valence-electron chi connectivity index (χ4n) is 0.870. The van der Waals surface area contributed by atoms with Crippen molar-refractivity contribution in [3.8, 4) is 5.75 Å². The minimum absolute atomic E-state index is 0. The molecule has 5 heteroatoms. The van der Waals surface area contributed by atoms with Crippen molar-refractivity contribution in [2.45, 2.75) is 0 Å². The second-order valence-corrected chi connectivity index (χ2v) is 3.87. The van der Waals surface area contributed by atoms with Crippen LogP contribution in [0.3, 0.4) is 0 Å². The lowest BCUT2D eigenvalue weighted by Gasteiger charge is -2.03. The minimum Gasteiger partial charge on any atom is -0.487 e. The second kappa shape index (κ2) is 7.90. The Morgan fingerprint density at radius 3 is 2.53 bits per heavy atom. The van der Waals surface area contributed by atoms with E-state index in [0.29, 0.717) is 5.75 Å². The zero-order valence-electron chi connectivity index (χ0n) is 7.95. The van der Waals surface area contributed by atoms with E-state index in [1.54, 1.807) is 12.1 Å². The number of halogens is 3. The molecule has 0 unspecified atom stereocenters. The standard InChI is InChI=1S/C10H11FINO.ClH/c11-8(5-6-13)7-14-10-3-1-9(12)2-4-10;/h1-5H,6-7,13H2;1H/b8-5+;. The molecule has 0 fully saturated rings. The third kappa shape index (κ3) is 5.96. The molecule has 0 aromatic heterocycles. The van der Waals surface area contributed by atoms with Gasteiger partial charge in [-0.1, -0.05) is 0 Å². The maximum absolute atomic E-state index is 12.8. The summed E-state index contributed by atoms with van der Waals surface area (Å²) in [6.07, 6.45) is 1.30. The van der Waals surface area contributed by atoms with Crippen molar-refractivity contribution in [3.63, 3.8) is 0 Å². The van der Waals surface area contributed by atoms with Crippen molar-refractivity contribution >= 4 is 35.0 Å². The molecular formula is C10H12ClFINO. The number of hydrogen-bond donors (Lipinski definition) is 1. The third-order valence-electron chi connectivity index (χ3n) is 1.53. The second-order valence-electron chi connectivity index (χ2n) is 2.63. The highest BCUT2D eigenvalue weighted by molar-refractivity contribution is 14.1. The van der Waals surface area contributed by atoms with Gasteiger partial charge in [-0.15, -0.1) is 12.4 Å². The molecule has 84 valence electrons. The summed E-state index contributed by atoms with van der Waals surface area (Å²) < 4.78 is 19.1. The summed E-state index contributed by atoms with van der Waals surface area (Å²) in [4.78, 5) is 0. The van der Waals surface area contributed by atoms with Gasteiger partial charge in [-0.3, -0.25) is 0 Å². The lowest BCUT2D eigenvalue weighted by molar-refractivity contribution is 0.318. The van der Waals surface area contributed by atoms with Crippen LogP contribution >= 0.6 is 35.0 Å². The van der Waals surface area contributed by atoms with Gasteiger partial charge in [-0.25, -0.2) is 4.39 Å². The molecule has 0 heterocycles.